The van der Waals surface area contributed by atoms with Crippen LogP contribution >= 0.6 is 0 Å². The Labute approximate surface area is 125 Å². The second-order valence-electron chi connectivity index (χ2n) is 4.79. The first-order valence-electron chi connectivity index (χ1n) is 6.57. The van der Waals surface area contributed by atoms with Gasteiger partial charge in [-0.1, -0.05) is 42.5 Å². The summed E-state index contributed by atoms with van der Waals surface area (Å²) in [6, 6.07) is 13.6. The second-order valence-corrected chi connectivity index (χ2v) is 4.79. The number of hydrogen-bond acceptors (Lipinski definition) is 4. The van der Waals surface area contributed by atoms with Gasteiger partial charge in [0.15, 0.2) is 6.10 Å². The summed E-state index contributed by atoms with van der Waals surface area (Å²) in [5.74, 6) is -2.69. The molecule has 0 saturated carbocycles. The normalized spacial score (nSPS) is 20.0. The summed E-state index contributed by atoms with van der Waals surface area (Å²) >= 11 is 0. The Kier molecular flexibility index (Phi) is 3.47. The van der Waals surface area contributed by atoms with Crippen molar-refractivity contribution in [2.45, 2.75) is 6.10 Å². The second kappa shape index (κ2) is 5.44. The highest BCUT2D eigenvalue weighted by Gasteiger charge is 2.42. The van der Waals surface area contributed by atoms with Gasteiger partial charge in [0.25, 0.3) is 5.78 Å². The van der Waals surface area contributed by atoms with Crippen LogP contribution in [0.1, 0.15) is 17.2 Å². The van der Waals surface area contributed by atoms with Crippen molar-refractivity contribution in [1.29, 1.82) is 0 Å². The summed E-state index contributed by atoms with van der Waals surface area (Å²) in [6.45, 7) is 0. The maximum atomic E-state index is 13.0. The lowest BCUT2D eigenvalue weighted by Gasteiger charge is -2.12. The molecule has 22 heavy (non-hydrogen) atoms. The van der Waals surface area contributed by atoms with E-state index in [0.29, 0.717) is 11.1 Å². The van der Waals surface area contributed by atoms with Crippen LogP contribution in [0.3, 0.4) is 0 Å². The Morgan fingerprint density at radius 3 is 2.27 bits per heavy atom. The highest BCUT2D eigenvalue weighted by Crippen LogP contribution is 2.36. The van der Waals surface area contributed by atoms with Crippen molar-refractivity contribution in [3.05, 3.63) is 77.1 Å². The summed E-state index contributed by atoms with van der Waals surface area (Å²) in [5, 5.41) is 10.3. The average Bonchev–Trinajstić information content (AvgIpc) is 2.84. The van der Waals surface area contributed by atoms with E-state index in [4.69, 9.17) is 4.74 Å². The van der Waals surface area contributed by atoms with E-state index in [-0.39, 0.29) is 11.3 Å². The predicted molar refractivity (Wildman–Crippen MR) is 76.2 cm³/mol. The third-order valence-corrected chi connectivity index (χ3v) is 3.39. The first kappa shape index (κ1) is 14.0. The number of ether oxygens (including phenoxy) is 1. The van der Waals surface area contributed by atoms with Gasteiger partial charge in [0.05, 0.1) is 5.57 Å². The van der Waals surface area contributed by atoms with Crippen LogP contribution in [0.4, 0.5) is 4.39 Å². The third-order valence-electron chi connectivity index (χ3n) is 3.39. The molecule has 1 saturated heterocycles. The fraction of sp³-hybridized carbons (Fsp3) is 0.0588. The Hall–Kier alpha value is -2.95. The van der Waals surface area contributed by atoms with Gasteiger partial charge in [0.2, 0.25) is 0 Å². The van der Waals surface area contributed by atoms with Crippen molar-refractivity contribution < 1.29 is 23.8 Å². The molecule has 0 aromatic heterocycles. The van der Waals surface area contributed by atoms with E-state index in [1.54, 1.807) is 30.3 Å². The molecule has 3 rings (SSSR count). The molecule has 1 aliphatic heterocycles. The van der Waals surface area contributed by atoms with Gasteiger partial charge < -0.3 is 9.84 Å². The molecule has 0 spiro atoms. The first-order valence-corrected chi connectivity index (χ1v) is 6.57. The number of hydrogen-bond donors (Lipinski definition) is 1. The zero-order chi connectivity index (χ0) is 15.7. The summed E-state index contributed by atoms with van der Waals surface area (Å²) < 4.78 is 18.0. The fourth-order valence-electron chi connectivity index (χ4n) is 2.30. The maximum Gasteiger partial charge on any atom is 0.380 e. The van der Waals surface area contributed by atoms with Crippen molar-refractivity contribution in [2.24, 2.45) is 0 Å². The summed E-state index contributed by atoms with van der Waals surface area (Å²) in [4.78, 5) is 23.6. The van der Waals surface area contributed by atoms with Gasteiger partial charge in [-0.3, -0.25) is 4.79 Å². The number of aliphatic hydroxyl groups is 1. The molecule has 0 radical (unpaired) electrons. The fourth-order valence-corrected chi connectivity index (χ4v) is 2.30. The first-order chi connectivity index (χ1) is 10.6. The van der Waals surface area contributed by atoms with Crippen molar-refractivity contribution >= 4 is 17.5 Å². The van der Waals surface area contributed by atoms with Crippen LogP contribution in [0.5, 0.6) is 0 Å². The zero-order valence-corrected chi connectivity index (χ0v) is 11.3. The molecule has 1 atom stereocenters. The lowest BCUT2D eigenvalue weighted by molar-refractivity contribution is -0.149. The highest BCUT2D eigenvalue weighted by molar-refractivity contribution is 6.44. The quantitative estimate of drug-likeness (QED) is 0.401. The zero-order valence-electron chi connectivity index (χ0n) is 11.3. The van der Waals surface area contributed by atoms with Gasteiger partial charge >= 0.3 is 5.97 Å². The van der Waals surface area contributed by atoms with Crippen LogP contribution in [-0.4, -0.2) is 16.9 Å². The standard InChI is InChI=1S/C17H11FO4/c18-12-8-6-11(7-9-12)16-13(15(20)17(21)22-16)14(19)10-4-2-1-3-5-10/h1-9,16,19H/b14-13+/t16-/m0/s1. The molecule has 0 unspecified atom stereocenters. The van der Waals surface area contributed by atoms with E-state index in [0.717, 1.165) is 0 Å². The highest BCUT2D eigenvalue weighted by atomic mass is 19.1. The summed E-state index contributed by atoms with van der Waals surface area (Å²) in [6.07, 6.45) is -1.04. The van der Waals surface area contributed by atoms with Gasteiger partial charge in [-0.15, -0.1) is 0 Å². The number of ketones is 1. The van der Waals surface area contributed by atoms with E-state index in [2.05, 4.69) is 0 Å². The number of halogens is 1. The van der Waals surface area contributed by atoms with E-state index >= 15 is 0 Å². The molecule has 1 aliphatic rings. The number of Topliss-reactive ketones (excluding diaryl/α,β-unsaturated/α-hetero) is 1. The Morgan fingerprint density at radius 2 is 1.64 bits per heavy atom. The Balaban J connectivity index is 2.11. The summed E-state index contributed by atoms with van der Waals surface area (Å²) in [7, 11) is 0. The molecule has 2 aromatic rings. The molecule has 1 heterocycles. The lowest BCUT2D eigenvalue weighted by Crippen LogP contribution is -2.08. The van der Waals surface area contributed by atoms with Gasteiger partial charge in [-0.2, -0.15) is 0 Å². The van der Waals surface area contributed by atoms with Gasteiger partial charge in [0.1, 0.15) is 11.6 Å². The number of carbonyl (C=O) groups excluding carboxylic acids is 2. The number of carbonyl (C=O) groups is 2. The molecule has 110 valence electrons. The van der Waals surface area contributed by atoms with E-state index < -0.39 is 23.7 Å². The van der Waals surface area contributed by atoms with Crippen LogP contribution in [0.15, 0.2) is 60.2 Å². The van der Waals surface area contributed by atoms with Crippen molar-refractivity contribution in [3.8, 4) is 0 Å². The molecule has 1 N–H and O–H groups in total. The van der Waals surface area contributed by atoms with Crippen molar-refractivity contribution in [2.75, 3.05) is 0 Å². The summed E-state index contributed by atoms with van der Waals surface area (Å²) in [5.41, 5.74) is 0.678. The number of rotatable bonds is 2. The largest absolute Gasteiger partial charge is 0.507 e. The van der Waals surface area contributed by atoms with Crippen molar-refractivity contribution in [1.82, 2.24) is 0 Å². The number of benzene rings is 2. The molecule has 0 amide bonds. The van der Waals surface area contributed by atoms with Gasteiger partial charge in [0, 0.05) is 5.56 Å². The van der Waals surface area contributed by atoms with Crippen LogP contribution in [0, 0.1) is 5.82 Å². The monoisotopic (exact) mass is 298 g/mol. The molecule has 4 nitrogen and oxygen atoms in total. The molecule has 0 bridgehead atoms. The number of esters is 1. The minimum Gasteiger partial charge on any atom is -0.507 e. The number of cyclic esters (lactones) is 1. The Bertz CT molecular complexity index is 763. The Morgan fingerprint density at radius 1 is 1.00 bits per heavy atom. The minimum absolute atomic E-state index is 0.136. The van der Waals surface area contributed by atoms with Crippen molar-refractivity contribution in [3.63, 3.8) is 0 Å². The maximum absolute atomic E-state index is 13.0. The van der Waals surface area contributed by atoms with Crippen LogP contribution in [0.25, 0.3) is 5.76 Å². The molecular formula is C17H11FO4. The van der Waals surface area contributed by atoms with E-state index in [9.17, 15) is 19.1 Å². The molecule has 0 aliphatic carbocycles. The smallest absolute Gasteiger partial charge is 0.380 e. The number of aliphatic hydroxyl groups excluding tert-OH is 1. The topological polar surface area (TPSA) is 63.6 Å². The van der Waals surface area contributed by atoms with Crippen LogP contribution in [0.2, 0.25) is 0 Å². The van der Waals surface area contributed by atoms with E-state index in [1.165, 1.54) is 24.3 Å². The third kappa shape index (κ3) is 2.37. The molecule has 2 aromatic carbocycles. The molecule has 1 fully saturated rings. The molecule has 5 heteroatoms. The predicted octanol–water partition coefficient (Wildman–Crippen LogP) is 2.96. The average molecular weight is 298 g/mol. The van der Waals surface area contributed by atoms with Gasteiger partial charge in [-0.25, -0.2) is 9.18 Å². The van der Waals surface area contributed by atoms with Gasteiger partial charge in [-0.05, 0) is 17.7 Å². The van der Waals surface area contributed by atoms with Crippen LogP contribution < -0.4 is 0 Å². The molecular weight excluding hydrogens is 287 g/mol. The SMILES string of the molecule is O=C1O[C@@H](c2ccc(F)cc2)/C(=C(/O)c2ccccc2)C1=O. The van der Waals surface area contributed by atoms with E-state index in [1.807, 2.05) is 0 Å². The lowest BCUT2D eigenvalue weighted by atomic mass is 9.97. The minimum atomic E-state index is -1.04. The van der Waals surface area contributed by atoms with Crippen LogP contribution in [-0.2, 0) is 14.3 Å².